The number of ether oxygens (including phenoxy) is 1. The van der Waals surface area contributed by atoms with Gasteiger partial charge in [-0.25, -0.2) is 0 Å². The van der Waals surface area contributed by atoms with E-state index in [1.165, 1.54) is 19.1 Å². The molecule has 0 aliphatic heterocycles. The van der Waals surface area contributed by atoms with Gasteiger partial charge in [-0.05, 0) is 42.9 Å². The molecular formula is C24H29ClO7. The van der Waals surface area contributed by atoms with Gasteiger partial charge in [-0.15, -0.1) is 11.6 Å². The summed E-state index contributed by atoms with van der Waals surface area (Å²) in [6.45, 7) is 8.06. The Bertz CT molecular complexity index is 985. The third kappa shape index (κ3) is 2.68. The van der Waals surface area contributed by atoms with Crippen molar-refractivity contribution in [3.05, 3.63) is 36.0 Å². The molecule has 3 N–H and O–H groups in total. The first-order chi connectivity index (χ1) is 14.7. The van der Waals surface area contributed by atoms with Gasteiger partial charge >= 0.3 is 5.97 Å². The summed E-state index contributed by atoms with van der Waals surface area (Å²) in [6.07, 6.45) is 2.77. The van der Waals surface area contributed by atoms with Gasteiger partial charge in [0.05, 0.1) is 17.1 Å². The van der Waals surface area contributed by atoms with Crippen LogP contribution in [0.3, 0.4) is 0 Å². The number of aliphatic hydroxyl groups excluding tert-OH is 2. The standard InChI is InChI=1S/C24H29ClO7/c1-12-7-16-20-17(28)9-14-8-15(27)5-6-21(14,3)23(20,25)18(29)10-22(16,4)24(12,31)19(30)11-32-13(2)26/h5-6,8,16-18,20,28-29,31H,1,7,9-11H2,2-4H3/t16-,17?,18?,20+,21-,22-,23+,24-/m0/s1. The first-order valence-electron chi connectivity index (χ1n) is 10.8. The lowest BCUT2D eigenvalue weighted by atomic mass is 9.45. The summed E-state index contributed by atoms with van der Waals surface area (Å²) >= 11 is 7.26. The first kappa shape index (κ1) is 23.4. The quantitative estimate of drug-likeness (QED) is 0.329. The van der Waals surface area contributed by atoms with E-state index in [0.717, 1.165) is 0 Å². The van der Waals surface area contributed by atoms with Crippen LogP contribution in [0.15, 0.2) is 36.0 Å². The van der Waals surface area contributed by atoms with Crippen LogP contribution in [0.4, 0.5) is 0 Å². The van der Waals surface area contributed by atoms with Crippen LogP contribution in [0.25, 0.3) is 0 Å². The number of hydrogen-bond acceptors (Lipinski definition) is 7. The zero-order valence-corrected chi connectivity index (χ0v) is 19.2. The highest BCUT2D eigenvalue weighted by molar-refractivity contribution is 6.26. The van der Waals surface area contributed by atoms with Gasteiger partial charge in [0.15, 0.2) is 18.0 Å². The highest BCUT2D eigenvalue weighted by atomic mass is 35.5. The van der Waals surface area contributed by atoms with Crippen molar-refractivity contribution in [1.82, 2.24) is 0 Å². The van der Waals surface area contributed by atoms with Crippen molar-refractivity contribution < 1.29 is 34.4 Å². The van der Waals surface area contributed by atoms with Crippen LogP contribution < -0.4 is 0 Å². The number of fused-ring (bicyclic) bond motifs is 5. The second kappa shape index (κ2) is 7.10. The van der Waals surface area contributed by atoms with Gasteiger partial charge in [0.2, 0.25) is 5.78 Å². The van der Waals surface area contributed by atoms with Crippen LogP contribution in [-0.4, -0.2) is 62.1 Å². The minimum atomic E-state index is -2.04. The molecule has 7 nitrogen and oxygen atoms in total. The molecule has 0 radical (unpaired) electrons. The molecule has 2 unspecified atom stereocenters. The van der Waals surface area contributed by atoms with Crippen molar-refractivity contribution in [2.45, 2.75) is 62.7 Å². The fraction of sp³-hybridized carbons (Fsp3) is 0.625. The molecule has 0 heterocycles. The molecule has 0 saturated heterocycles. The van der Waals surface area contributed by atoms with E-state index in [4.69, 9.17) is 16.3 Å². The van der Waals surface area contributed by atoms with Crippen LogP contribution in [0.2, 0.25) is 0 Å². The molecule has 0 aromatic heterocycles. The third-order valence-corrected chi connectivity index (χ3v) is 9.55. The lowest BCUT2D eigenvalue weighted by molar-refractivity contribution is -0.182. The van der Waals surface area contributed by atoms with E-state index in [1.54, 1.807) is 13.0 Å². The molecular weight excluding hydrogens is 436 g/mol. The number of esters is 1. The average molecular weight is 465 g/mol. The molecule has 32 heavy (non-hydrogen) atoms. The largest absolute Gasteiger partial charge is 0.458 e. The van der Waals surface area contributed by atoms with Crippen molar-refractivity contribution in [2.24, 2.45) is 22.7 Å². The molecule has 0 bridgehead atoms. The van der Waals surface area contributed by atoms with Crippen molar-refractivity contribution in [2.75, 3.05) is 6.61 Å². The molecule has 4 aliphatic rings. The van der Waals surface area contributed by atoms with Crippen LogP contribution in [0.5, 0.6) is 0 Å². The molecule has 174 valence electrons. The van der Waals surface area contributed by atoms with Gasteiger partial charge in [0, 0.05) is 23.7 Å². The molecule has 0 aromatic rings. The first-order valence-corrected chi connectivity index (χ1v) is 11.2. The zero-order chi connectivity index (χ0) is 23.9. The average Bonchev–Trinajstić information content (AvgIpc) is 2.89. The normalized spacial score (nSPS) is 47.3. The highest BCUT2D eigenvalue weighted by Gasteiger charge is 2.75. The van der Waals surface area contributed by atoms with E-state index in [2.05, 4.69) is 6.58 Å². The Kier molecular flexibility index (Phi) is 5.18. The minimum Gasteiger partial charge on any atom is -0.458 e. The van der Waals surface area contributed by atoms with Crippen LogP contribution >= 0.6 is 11.6 Å². The summed E-state index contributed by atoms with van der Waals surface area (Å²) in [4.78, 5) is 34.9. The molecule has 0 spiro atoms. The molecule has 3 fully saturated rings. The smallest absolute Gasteiger partial charge is 0.303 e. The van der Waals surface area contributed by atoms with E-state index in [1.807, 2.05) is 6.92 Å². The number of Topliss-reactive ketones (excluding diaryl/α,β-unsaturated/α-hetero) is 1. The van der Waals surface area contributed by atoms with Gasteiger partial charge in [0.25, 0.3) is 0 Å². The Hall–Kier alpha value is -1.80. The summed E-state index contributed by atoms with van der Waals surface area (Å²) in [5.41, 5.74) is -3.21. The number of ketones is 2. The van der Waals surface area contributed by atoms with Crippen molar-refractivity contribution in [3.63, 3.8) is 0 Å². The van der Waals surface area contributed by atoms with Crippen molar-refractivity contribution in [3.8, 4) is 0 Å². The molecule has 0 amide bonds. The van der Waals surface area contributed by atoms with E-state index in [0.29, 0.717) is 5.57 Å². The minimum absolute atomic E-state index is 0.0314. The Labute approximate surface area is 191 Å². The summed E-state index contributed by atoms with van der Waals surface area (Å²) in [6, 6.07) is 0. The number of alkyl halides is 1. The fourth-order valence-corrected chi connectivity index (χ4v) is 7.51. The lowest BCUT2D eigenvalue weighted by Crippen LogP contribution is -2.71. The lowest BCUT2D eigenvalue weighted by Gasteiger charge is -2.64. The summed E-state index contributed by atoms with van der Waals surface area (Å²) in [5, 5.41) is 34.3. The topological polar surface area (TPSA) is 121 Å². The second-order valence-corrected chi connectivity index (χ2v) is 10.8. The molecule has 3 saturated carbocycles. The maximum atomic E-state index is 13.1. The molecule has 8 heteroatoms. The van der Waals surface area contributed by atoms with Gasteiger partial charge in [-0.3, -0.25) is 14.4 Å². The monoisotopic (exact) mass is 464 g/mol. The SMILES string of the molecule is C=C1C[C@H]2[C@@H]3C(O)CC4=CC(=O)C=C[C@]4(C)[C@@]3(Cl)C(O)C[C@]2(C)[C@@]1(O)C(=O)COC(C)=O. The highest BCUT2D eigenvalue weighted by Crippen LogP contribution is 2.71. The summed E-state index contributed by atoms with van der Waals surface area (Å²) < 4.78 is 4.85. The van der Waals surface area contributed by atoms with Gasteiger partial charge < -0.3 is 20.1 Å². The van der Waals surface area contributed by atoms with Crippen LogP contribution in [0, 0.1) is 22.7 Å². The Morgan fingerprint density at radius 2 is 1.94 bits per heavy atom. The van der Waals surface area contributed by atoms with Gasteiger partial charge in [0.1, 0.15) is 0 Å². The van der Waals surface area contributed by atoms with Crippen LogP contribution in [0.1, 0.15) is 40.0 Å². The maximum Gasteiger partial charge on any atom is 0.303 e. The van der Waals surface area contributed by atoms with Gasteiger partial charge in [-0.1, -0.05) is 32.1 Å². The number of halogens is 1. The third-order valence-electron chi connectivity index (χ3n) is 8.66. The number of carbonyl (C=O) groups is 3. The Morgan fingerprint density at radius 3 is 2.56 bits per heavy atom. The Balaban J connectivity index is 1.81. The number of hydrogen-bond donors (Lipinski definition) is 3. The molecule has 4 aliphatic carbocycles. The van der Waals surface area contributed by atoms with E-state index in [9.17, 15) is 29.7 Å². The predicted molar refractivity (Wildman–Crippen MR) is 116 cm³/mol. The molecule has 0 aromatic carbocycles. The number of aliphatic hydroxyl groups is 3. The van der Waals surface area contributed by atoms with E-state index < -0.39 is 63.7 Å². The number of carbonyl (C=O) groups excluding carboxylic acids is 3. The molecule has 4 rings (SSSR count). The van der Waals surface area contributed by atoms with Crippen molar-refractivity contribution in [1.29, 1.82) is 0 Å². The van der Waals surface area contributed by atoms with Gasteiger partial charge in [-0.2, -0.15) is 0 Å². The van der Waals surface area contributed by atoms with Crippen molar-refractivity contribution >= 4 is 29.1 Å². The number of allylic oxidation sites excluding steroid dienone is 3. The zero-order valence-electron chi connectivity index (χ0n) is 18.4. The fourth-order valence-electron chi connectivity index (χ4n) is 6.95. The maximum absolute atomic E-state index is 13.1. The van der Waals surface area contributed by atoms with Crippen LogP contribution in [-0.2, 0) is 19.1 Å². The van der Waals surface area contributed by atoms with E-state index in [-0.39, 0.29) is 30.6 Å². The Morgan fingerprint density at radius 1 is 1.28 bits per heavy atom. The van der Waals surface area contributed by atoms with E-state index >= 15 is 0 Å². The second-order valence-electron chi connectivity index (χ2n) is 10.1. The summed E-state index contributed by atoms with van der Waals surface area (Å²) in [5.74, 6) is -2.72. The number of rotatable bonds is 3. The summed E-state index contributed by atoms with van der Waals surface area (Å²) in [7, 11) is 0. The predicted octanol–water partition coefficient (Wildman–Crippen LogP) is 1.63. The molecule has 8 atom stereocenters.